The number of anilines is 1. The van der Waals surface area contributed by atoms with Crippen LogP contribution in [0.1, 0.15) is 56.3 Å². The molecule has 1 heterocycles. The summed E-state index contributed by atoms with van der Waals surface area (Å²) in [6, 6.07) is 12.0. The SMILES string of the molecule is CC[C@@H](C(=O)N[C@@H]1CC(C)(C)Oc2cc(C)ccc21)N(c1ccc(C)cc1)S(C)(=O)=O. The van der Waals surface area contributed by atoms with Crippen molar-refractivity contribution in [2.75, 3.05) is 10.6 Å². The summed E-state index contributed by atoms with van der Waals surface area (Å²) < 4.78 is 32.7. The molecule has 31 heavy (non-hydrogen) atoms. The quantitative estimate of drug-likeness (QED) is 0.722. The first kappa shape index (κ1) is 23.1. The summed E-state index contributed by atoms with van der Waals surface area (Å²) in [4.78, 5) is 13.4. The Labute approximate surface area is 185 Å². The van der Waals surface area contributed by atoms with Gasteiger partial charge in [-0.25, -0.2) is 8.42 Å². The van der Waals surface area contributed by atoms with E-state index in [9.17, 15) is 13.2 Å². The number of ether oxygens (including phenoxy) is 1. The Morgan fingerprint density at radius 1 is 1.16 bits per heavy atom. The van der Waals surface area contributed by atoms with Gasteiger partial charge in [0.15, 0.2) is 0 Å². The van der Waals surface area contributed by atoms with E-state index >= 15 is 0 Å². The Bertz CT molecular complexity index is 1060. The van der Waals surface area contributed by atoms with Crippen LogP contribution in [0.3, 0.4) is 0 Å². The summed E-state index contributed by atoms with van der Waals surface area (Å²) in [5.74, 6) is 0.441. The van der Waals surface area contributed by atoms with Crippen LogP contribution in [0.5, 0.6) is 5.75 Å². The molecule has 1 N–H and O–H groups in total. The lowest BCUT2D eigenvalue weighted by Crippen LogP contribution is -2.51. The number of hydrogen-bond donors (Lipinski definition) is 1. The van der Waals surface area contributed by atoms with Crippen molar-refractivity contribution >= 4 is 21.6 Å². The van der Waals surface area contributed by atoms with Crippen molar-refractivity contribution in [2.45, 2.75) is 65.1 Å². The van der Waals surface area contributed by atoms with Gasteiger partial charge in [0.05, 0.1) is 18.0 Å². The van der Waals surface area contributed by atoms with Gasteiger partial charge in [0.25, 0.3) is 0 Å². The van der Waals surface area contributed by atoms with Gasteiger partial charge >= 0.3 is 0 Å². The molecule has 1 aliphatic rings. The van der Waals surface area contributed by atoms with Gasteiger partial charge < -0.3 is 10.1 Å². The van der Waals surface area contributed by atoms with Gasteiger partial charge in [-0.05, 0) is 57.9 Å². The second kappa shape index (κ2) is 8.54. The van der Waals surface area contributed by atoms with E-state index in [0.29, 0.717) is 18.5 Å². The highest BCUT2D eigenvalue weighted by atomic mass is 32.2. The zero-order valence-electron chi connectivity index (χ0n) is 19.1. The van der Waals surface area contributed by atoms with E-state index in [1.165, 1.54) is 4.31 Å². The fraction of sp³-hybridized carbons (Fsp3) is 0.458. The Hall–Kier alpha value is -2.54. The average Bonchev–Trinajstić information content (AvgIpc) is 2.64. The number of sulfonamides is 1. The molecule has 0 spiro atoms. The highest BCUT2D eigenvalue weighted by Crippen LogP contribution is 2.40. The molecule has 0 unspecified atom stereocenters. The summed E-state index contributed by atoms with van der Waals surface area (Å²) in [5.41, 5.74) is 3.04. The lowest BCUT2D eigenvalue weighted by molar-refractivity contribution is -0.123. The van der Waals surface area contributed by atoms with Crippen LogP contribution < -0.4 is 14.4 Å². The molecule has 6 nitrogen and oxygen atoms in total. The number of carbonyl (C=O) groups is 1. The number of amides is 1. The van der Waals surface area contributed by atoms with Gasteiger partial charge in [0, 0.05) is 12.0 Å². The average molecular weight is 445 g/mol. The van der Waals surface area contributed by atoms with Gasteiger partial charge in [-0.2, -0.15) is 0 Å². The van der Waals surface area contributed by atoms with Crippen LogP contribution in [-0.4, -0.2) is 32.2 Å². The lowest BCUT2D eigenvalue weighted by Gasteiger charge is -2.39. The molecule has 7 heteroatoms. The maximum Gasteiger partial charge on any atom is 0.244 e. The van der Waals surface area contributed by atoms with Gasteiger partial charge in [0.2, 0.25) is 15.9 Å². The molecule has 2 aromatic carbocycles. The Morgan fingerprint density at radius 2 is 1.77 bits per heavy atom. The van der Waals surface area contributed by atoms with E-state index in [0.717, 1.165) is 28.7 Å². The summed E-state index contributed by atoms with van der Waals surface area (Å²) in [5, 5.41) is 3.11. The summed E-state index contributed by atoms with van der Waals surface area (Å²) in [7, 11) is -3.67. The third-order valence-electron chi connectivity index (χ3n) is 5.56. The third-order valence-corrected chi connectivity index (χ3v) is 6.74. The van der Waals surface area contributed by atoms with E-state index in [2.05, 4.69) is 5.32 Å². The predicted molar refractivity (Wildman–Crippen MR) is 124 cm³/mol. The van der Waals surface area contributed by atoms with Gasteiger partial charge in [0.1, 0.15) is 17.4 Å². The third kappa shape index (κ3) is 5.21. The molecular weight excluding hydrogens is 412 g/mol. The fourth-order valence-corrected chi connectivity index (χ4v) is 5.32. The molecule has 2 aromatic rings. The van der Waals surface area contributed by atoms with Gasteiger partial charge in [-0.1, -0.05) is 36.8 Å². The molecule has 0 bridgehead atoms. The Morgan fingerprint density at radius 3 is 2.35 bits per heavy atom. The number of aryl methyl sites for hydroxylation is 2. The minimum absolute atomic E-state index is 0.264. The highest BCUT2D eigenvalue weighted by Gasteiger charge is 2.37. The van der Waals surface area contributed by atoms with Crippen LogP contribution in [0.25, 0.3) is 0 Å². The predicted octanol–water partition coefficient (Wildman–Crippen LogP) is 4.27. The first-order valence-corrected chi connectivity index (χ1v) is 12.4. The number of nitrogens with zero attached hydrogens (tertiary/aromatic N) is 1. The molecule has 0 radical (unpaired) electrons. The number of fused-ring (bicyclic) bond motifs is 1. The minimum atomic E-state index is -3.67. The monoisotopic (exact) mass is 444 g/mol. The zero-order valence-corrected chi connectivity index (χ0v) is 19.9. The largest absolute Gasteiger partial charge is 0.487 e. The van der Waals surface area contributed by atoms with Crippen LogP contribution in [0.15, 0.2) is 42.5 Å². The second-order valence-corrected chi connectivity index (χ2v) is 10.8. The van der Waals surface area contributed by atoms with Crippen LogP contribution in [0.2, 0.25) is 0 Å². The smallest absolute Gasteiger partial charge is 0.244 e. The first-order chi connectivity index (χ1) is 14.4. The number of rotatable bonds is 6. The Kier molecular flexibility index (Phi) is 6.37. The zero-order chi connectivity index (χ0) is 23.0. The van der Waals surface area contributed by atoms with Gasteiger partial charge in [-0.3, -0.25) is 9.10 Å². The van der Waals surface area contributed by atoms with Crippen LogP contribution >= 0.6 is 0 Å². The normalized spacial score (nSPS) is 18.5. The lowest BCUT2D eigenvalue weighted by atomic mass is 9.89. The number of hydrogen-bond acceptors (Lipinski definition) is 4. The number of nitrogens with one attached hydrogen (secondary N) is 1. The van der Waals surface area contributed by atoms with Crippen LogP contribution in [-0.2, 0) is 14.8 Å². The topological polar surface area (TPSA) is 75.7 Å². The molecule has 3 rings (SSSR count). The molecule has 1 aliphatic heterocycles. The summed E-state index contributed by atoms with van der Waals surface area (Å²) in [6.07, 6.45) is 2.08. The van der Waals surface area contributed by atoms with E-state index < -0.39 is 21.7 Å². The van der Waals surface area contributed by atoms with Gasteiger partial charge in [-0.15, -0.1) is 0 Å². The first-order valence-electron chi connectivity index (χ1n) is 10.6. The maximum absolute atomic E-state index is 13.4. The van der Waals surface area contributed by atoms with E-state index in [4.69, 9.17) is 4.74 Å². The minimum Gasteiger partial charge on any atom is -0.487 e. The number of carbonyl (C=O) groups excluding carboxylic acids is 1. The van der Waals surface area contributed by atoms with Crippen molar-refractivity contribution < 1.29 is 17.9 Å². The van der Waals surface area contributed by atoms with Crippen molar-refractivity contribution in [3.63, 3.8) is 0 Å². The molecule has 0 aliphatic carbocycles. The maximum atomic E-state index is 13.4. The highest BCUT2D eigenvalue weighted by molar-refractivity contribution is 7.92. The Balaban J connectivity index is 1.94. The molecule has 0 fully saturated rings. The molecule has 0 saturated carbocycles. The van der Waals surface area contributed by atoms with E-state index in [-0.39, 0.29) is 11.9 Å². The summed E-state index contributed by atoms with van der Waals surface area (Å²) >= 11 is 0. The van der Waals surface area contributed by atoms with Crippen LogP contribution in [0, 0.1) is 13.8 Å². The second-order valence-electron chi connectivity index (χ2n) is 8.99. The summed E-state index contributed by atoms with van der Waals surface area (Å²) in [6.45, 7) is 9.73. The molecular formula is C24H32N2O4S. The van der Waals surface area contributed by atoms with Crippen molar-refractivity contribution in [2.24, 2.45) is 0 Å². The molecule has 168 valence electrons. The number of benzene rings is 2. The van der Waals surface area contributed by atoms with E-state index in [1.54, 1.807) is 12.1 Å². The molecule has 0 saturated heterocycles. The molecule has 2 atom stereocenters. The molecule has 1 amide bonds. The fourth-order valence-electron chi connectivity index (χ4n) is 4.11. The van der Waals surface area contributed by atoms with Crippen molar-refractivity contribution in [3.05, 3.63) is 59.2 Å². The standard InChI is InChI=1S/C24H32N2O4S/c1-7-21(26(31(6,28)29)18-11-8-16(2)9-12-18)23(27)25-20-15-24(4,5)30-22-14-17(3)10-13-19(20)22/h8-14,20-21H,7,15H2,1-6H3,(H,25,27)/t20-,21+/m1/s1. The molecule has 0 aromatic heterocycles. The van der Waals surface area contributed by atoms with Crippen molar-refractivity contribution in [3.8, 4) is 5.75 Å². The van der Waals surface area contributed by atoms with Crippen molar-refractivity contribution in [1.29, 1.82) is 0 Å². The van der Waals surface area contributed by atoms with Crippen molar-refractivity contribution in [1.82, 2.24) is 5.32 Å². The van der Waals surface area contributed by atoms with Crippen LogP contribution in [0.4, 0.5) is 5.69 Å². The van der Waals surface area contributed by atoms with E-state index in [1.807, 2.05) is 65.0 Å².